The normalized spacial score (nSPS) is 18.2. The Morgan fingerprint density at radius 2 is 1.60 bits per heavy atom. The molecule has 1 fully saturated rings. The molecule has 3 aromatic rings. The fourth-order valence-corrected chi connectivity index (χ4v) is 6.55. The van der Waals surface area contributed by atoms with Crippen LogP contribution in [0.15, 0.2) is 107 Å². The lowest BCUT2D eigenvalue weighted by molar-refractivity contribution is -0.384. The number of methoxy groups -OCH3 is 1. The molecule has 1 saturated heterocycles. The lowest BCUT2D eigenvalue weighted by atomic mass is 9.84. The van der Waals surface area contributed by atoms with Crippen molar-refractivity contribution < 1.29 is 24.0 Å². The SMILES string of the molecule is COC(=O)C1=C(C)NC(C)=C(C(=O)OCCN2CCN(C(Cc3ccccc3)c3ccccc3)CC2)CC1c1cccc([N+](=O)[O-])c1. The Morgan fingerprint density at radius 3 is 2.26 bits per heavy atom. The first-order valence-electron chi connectivity index (χ1n) is 16.0. The molecule has 0 saturated carbocycles. The second-order valence-corrected chi connectivity index (χ2v) is 12.0. The molecule has 2 unspecified atom stereocenters. The largest absolute Gasteiger partial charge is 0.466 e. The van der Waals surface area contributed by atoms with Gasteiger partial charge in [0.05, 0.1) is 23.2 Å². The van der Waals surface area contributed by atoms with Crippen LogP contribution in [0, 0.1) is 10.1 Å². The Morgan fingerprint density at radius 1 is 0.915 bits per heavy atom. The van der Waals surface area contributed by atoms with Crippen molar-refractivity contribution in [3.05, 3.63) is 134 Å². The molecule has 0 bridgehead atoms. The summed E-state index contributed by atoms with van der Waals surface area (Å²) in [5.41, 5.74) is 4.85. The molecule has 0 aliphatic carbocycles. The fraction of sp³-hybridized carbons (Fsp3) is 0.351. The van der Waals surface area contributed by atoms with Crippen molar-refractivity contribution in [3.8, 4) is 0 Å². The molecular weight excluding hydrogens is 596 g/mol. The molecule has 1 N–H and O–H groups in total. The van der Waals surface area contributed by atoms with Gasteiger partial charge in [-0.25, -0.2) is 9.59 Å². The van der Waals surface area contributed by atoms with Gasteiger partial charge in [-0.1, -0.05) is 72.8 Å². The van der Waals surface area contributed by atoms with Crippen LogP contribution in [0.2, 0.25) is 0 Å². The van der Waals surface area contributed by atoms with Crippen LogP contribution in [-0.4, -0.2) is 73.1 Å². The smallest absolute Gasteiger partial charge is 0.336 e. The number of carbonyl (C=O) groups excluding carboxylic acids is 2. The zero-order valence-corrected chi connectivity index (χ0v) is 27.2. The summed E-state index contributed by atoms with van der Waals surface area (Å²) in [6, 6.07) is 27.6. The van der Waals surface area contributed by atoms with Crippen molar-refractivity contribution in [2.45, 2.75) is 38.6 Å². The van der Waals surface area contributed by atoms with Crippen LogP contribution < -0.4 is 5.32 Å². The molecular formula is C37H42N4O6. The molecule has 2 heterocycles. The van der Waals surface area contributed by atoms with Crippen LogP contribution in [0.1, 0.15) is 48.9 Å². The molecule has 246 valence electrons. The molecule has 0 aromatic heterocycles. The number of nitrogens with zero attached hydrogens (tertiary/aromatic N) is 3. The summed E-state index contributed by atoms with van der Waals surface area (Å²) < 4.78 is 10.9. The number of non-ortho nitro benzene ring substituents is 1. The number of nitrogens with one attached hydrogen (secondary N) is 1. The first-order valence-corrected chi connectivity index (χ1v) is 16.0. The highest BCUT2D eigenvalue weighted by molar-refractivity contribution is 5.94. The first-order chi connectivity index (χ1) is 22.7. The van der Waals surface area contributed by atoms with Gasteiger partial charge in [0.2, 0.25) is 0 Å². The number of hydrogen-bond acceptors (Lipinski definition) is 9. The highest BCUT2D eigenvalue weighted by atomic mass is 16.6. The molecule has 2 aliphatic heterocycles. The molecule has 3 aromatic carbocycles. The van der Waals surface area contributed by atoms with E-state index < -0.39 is 22.8 Å². The van der Waals surface area contributed by atoms with Crippen LogP contribution in [0.3, 0.4) is 0 Å². The van der Waals surface area contributed by atoms with Gasteiger partial charge in [-0.15, -0.1) is 0 Å². The van der Waals surface area contributed by atoms with Crippen LogP contribution >= 0.6 is 0 Å². The topological polar surface area (TPSA) is 114 Å². The zero-order chi connectivity index (χ0) is 33.3. The molecule has 0 amide bonds. The average molecular weight is 639 g/mol. The van der Waals surface area contributed by atoms with Crippen molar-refractivity contribution in [2.24, 2.45) is 0 Å². The number of benzene rings is 3. The fourth-order valence-electron chi connectivity index (χ4n) is 6.55. The Hall–Kier alpha value is -4.80. The summed E-state index contributed by atoms with van der Waals surface area (Å²) >= 11 is 0. The minimum absolute atomic E-state index is 0.0957. The molecule has 47 heavy (non-hydrogen) atoms. The van der Waals surface area contributed by atoms with Crippen molar-refractivity contribution in [2.75, 3.05) is 46.4 Å². The van der Waals surface area contributed by atoms with Crippen LogP contribution in [0.5, 0.6) is 0 Å². The standard InChI is InChI=1S/C37H42N4O6/c1-26-32(25-33(35(27(2)38-26)37(43)46-3)30-15-10-16-31(24-30)41(44)45)36(42)47-22-21-39-17-19-40(20-18-39)34(29-13-8-5-9-14-29)23-28-11-6-4-7-12-28/h4-16,24,33-34,38H,17-23,25H2,1-3H3. The third kappa shape index (κ3) is 8.33. The number of nitro benzene ring substituents is 1. The quantitative estimate of drug-likeness (QED) is 0.164. The Bertz CT molecular complexity index is 1630. The minimum atomic E-state index is -0.642. The number of rotatable bonds is 11. The van der Waals surface area contributed by atoms with E-state index in [1.54, 1.807) is 26.0 Å². The summed E-state index contributed by atoms with van der Waals surface area (Å²) in [5, 5.41) is 14.7. The molecule has 5 rings (SSSR count). The number of nitro groups is 1. The van der Waals surface area contributed by atoms with Crippen LogP contribution in [0.4, 0.5) is 5.69 Å². The average Bonchev–Trinajstić information content (AvgIpc) is 3.23. The van der Waals surface area contributed by atoms with E-state index in [1.165, 1.54) is 30.4 Å². The molecule has 2 aliphatic rings. The Labute approximate surface area is 275 Å². The second kappa shape index (κ2) is 15.7. The van der Waals surface area contributed by atoms with Gasteiger partial charge in [0.25, 0.3) is 5.69 Å². The van der Waals surface area contributed by atoms with E-state index in [4.69, 9.17) is 9.47 Å². The molecule has 2 atom stereocenters. The monoisotopic (exact) mass is 638 g/mol. The van der Waals surface area contributed by atoms with E-state index in [0.717, 1.165) is 32.6 Å². The summed E-state index contributed by atoms with van der Waals surface area (Å²) in [4.78, 5) is 42.3. The highest BCUT2D eigenvalue weighted by Gasteiger charge is 2.33. The van der Waals surface area contributed by atoms with Gasteiger partial charge in [0.1, 0.15) is 6.61 Å². The third-order valence-corrected chi connectivity index (χ3v) is 9.07. The lowest BCUT2D eigenvalue weighted by Crippen LogP contribution is -2.48. The maximum Gasteiger partial charge on any atom is 0.336 e. The number of esters is 2. The molecule has 0 spiro atoms. The van der Waals surface area contributed by atoms with E-state index in [-0.39, 0.29) is 24.8 Å². The van der Waals surface area contributed by atoms with Gasteiger partial charge in [0.15, 0.2) is 0 Å². The number of hydrogen-bond donors (Lipinski definition) is 1. The predicted octanol–water partition coefficient (Wildman–Crippen LogP) is 5.54. The van der Waals surface area contributed by atoms with E-state index >= 15 is 0 Å². The summed E-state index contributed by atoms with van der Waals surface area (Å²) in [7, 11) is 1.29. The second-order valence-electron chi connectivity index (χ2n) is 12.0. The summed E-state index contributed by atoms with van der Waals surface area (Å²) in [6.45, 7) is 7.85. The van der Waals surface area contributed by atoms with Crippen molar-refractivity contribution in [1.29, 1.82) is 0 Å². The minimum Gasteiger partial charge on any atom is -0.466 e. The van der Waals surface area contributed by atoms with Gasteiger partial charge in [-0.2, -0.15) is 0 Å². The van der Waals surface area contributed by atoms with Gasteiger partial charge < -0.3 is 14.8 Å². The van der Waals surface area contributed by atoms with E-state index in [0.29, 0.717) is 34.6 Å². The van der Waals surface area contributed by atoms with Gasteiger partial charge in [-0.3, -0.25) is 19.9 Å². The first kappa shape index (κ1) is 33.6. The van der Waals surface area contributed by atoms with E-state index in [1.807, 2.05) is 6.07 Å². The maximum atomic E-state index is 13.5. The van der Waals surface area contributed by atoms with Gasteiger partial charge in [-0.05, 0) is 43.4 Å². The molecule has 10 nitrogen and oxygen atoms in total. The summed E-state index contributed by atoms with van der Waals surface area (Å²) in [6.07, 6.45) is 1.07. The number of carbonyl (C=O) groups is 2. The van der Waals surface area contributed by atoms with E-state index in [2.05, 4.69) is 69.7 Å². The van der Waals surface area contributed by atoms with Crippen molar-refractivity contribution in [3.63, 3.8) is 0 Å². The predicted molar refractivity (Wildman–Crippen MR) is 179 cm³/mol. The zero-order valence-electron chi connectivity index (χ0n) is 27.2. The van der Waals surface area contributed by atoms with Crippen molar-refractivity contribution >= 4 is 17.6 Å². The maximum absolute atomic E-state index is 13.5. The number of ether oxygens (including phenoxy) is 2. The van der Waals surface area contributed by atoms with Crippen LogP contribution in [-0.2, 0) is 25.5 Å². The Balaban J connectivity index is 1.21. The Kier molecular flexibility index (Phi) is 11.2. The van der Waals surface area contributed by atoms with Gasteiger partial charge >= 0.3 is 11.9 Å². The molecule has 10 heteroatoms. The number of allylic oxidation sites excluding steroid dienone is 2. The van der Waals surface area contributed by atoms with Crippen LogP contribution in [0.25, 0.3) is 0 Å². The highest BCUT2D eigenvalue weighted by Crippen LogP contribution is 2.38. The molecule has 0 radical (unpaired) electrons. The van der Waals surface area contributed by atoms with Gasteiger partial charge in [0, 0.05) is 68.2 Å². The van der Waals surface area contributed by atoms with E-state index in [9.17, 15) is 19.7 Å². The third-order valence-electron chi connectivity index (χ3n) is 9.07. The summed E-state index contributed by atoms with van der Waals surface area (Å²) in [5.74, 6) is -1.68. The van der Waals surface area contributed by atoms with Crippen molar-refractivity contribution in [1.82, 2.24) is 15.1 Å². The lowest BCUT2D eigenvalue weighted by Gasteiger charge is -2.39. The number of piperazine rings is 1.